The summed E-state index contributed by atoms with van der Waals surface area (Å²) in [6.07, 6.45) is 1.01. The van der Waals surface area contributed by atoms with E-state index in [1.165, 1.54) is 24.3 Å². The molecule has 1 fully saturated rings. The van der Waals surface area contributed by atoms with Gasteiger partial charge in [-0.3, -0.25) is 10.1 Å². The van der Waals surface area contributed by atoms with E-state index in [0.29, 0.717) is 25.0 Å². The van der Waals surface area contributed by atoms with Crippen molar-refractivity contribution in [2.45, 2.75) is 19.5 Å². The minimum absolute atomic E-state index is 0.0632. The zero-order chi connectivity index (χ0) is 19.8. The maximum Gasteiger partial charge on any atom is 0.269 e. The molecule has 2 aromatic carbocycles. The molecule has 148 valence electrons. The summed E-state index contributed by atoms with van der Waals surface area (Å²) in [5.41, 5.74) is 1.88. The maximum atomic E-state index is 13.1. The summed E-state index contributed by atoms with van der Waals surface area (Å²) in [5, 5.41) is 17.3. The van der Waals surface area contributed by atoms with Gasteiger partial charge in [0.15, 0.2) is 5.96 Å². The Balaban J connectivity index is 1.61. The number of nitro groups is 1. The topological polar surface area (TPSA) is 88.8 Å². The van der Waals surface area contributed by atoms with E-state index in [4.69, 9.17) is 4.74 Å². The fraction of sp³-hybridized carbons (Fsp3) is 0.350. The summed E-state index contributed by atoms with van der Waals surface area (Å²) in [6.45, 7) is 3.16. The van der Waals surface area contributed by atoms with Gasteiger partial charge in [-0.25, -0.2) is 9.38 Å². The van der Waals surface area contributed by atoms with Gasteiger partial charge in [-0.1, -0.05) is 24.3 Å². The van der Waals surface area contributed by atoms with Crippen LogP contribution < -0.4 is 10.6 Å². The SMILES string of the molecule is O=[N+]([O-])c1ccc(CNC(=NCc2ccc(F)cc2)NCC2CCOC2)cc1. The number of hydrogen-bond acceptors (Lipinski definition) is 4. The molecular formula is C20H23FN4O3. The van der Waals surface area contributed by atoms with Crippen molar-refractivity contribution in [3.8, 4) is 0 Å². The Morgan fingerprint density at radius 3 is 2.50 bits per heavy atom. The second kappa shape index (κ2) is 9.80. The number of halogens is 1. The molecule has 3 rings (SSSR count). The third kappa shape index (κ3) is 6.02. The van der Waals surface area contributed by atoms with Crippen molar-refractivity contribution in [2.75, 3.05) is 19.8 Å². The number of nitro benzene ring substituents is 1. The molecule has 0 radical (unpaired) electrons. The highest BCUT2D eigenvalue weighted by Crippen LogP contribution is 2.12. The fourth-order valence-corrected chi connectivity index (χ4v) is 2.84. The Bertz CT molecular complexity index is 803. The van der Waals surface area contributed by atoms with Crippen molar-refractivity contribution in [2.24, 2.45) is 10.9 Å². The Morgan fingerprint density at radius 1 is 1.14 bits per heavy atom. The molecular weight excluding hydrogens is 363 g/mol. The monoisotopic (exact) mass is 386 g/mol. The normalized spacial score (nSPS) is 16.8. The van der Waals surface area contributed by atoms with Crippen molar-refractivity contribution >= 4 is 11.6 Å². The van der Waals surface area contributed by atoms with E-state index in [9.17, 15) is 14.5 Å². The number of nitrogens with zero attached hydrogens (tertiary/aromatic N) is 2. The predicted molar refractivity (Wildman–Crippen MR) is 104 cm³/mol. The molecule has 0 aromatic heterocycles. The molecule has 1 aliphatic rings. The molecule has 0 saturated carbocycles. The van der Waals surface area contributed by atoms with Crippen molar-refractivity contribution in [3.63, 3.8) is 0 Å². The van der Waals surface area contributed by atoms with Gasteiger partial charge in [-0.15, -0.1) is 0 Å². The first kappa shape index (κ1) is 19.8. The lowest BCUT2D eigenvalue weighted by molar-refractivity contribution is -0.384. The molecule has 1 heterocycles. The van der Waals surface area contributed by atoms with Crippen LogP contribution in [0, 0.1) is 21.8 Å². The van der Waals surface area contributed by atoms with E-state index < -0.39 is 4.92 Å². The van der Waals surface area contributed by atoms with Crippen LogP contribution in [0.25, 0.3) is 0 Å². The van der Waals surface area contributed by atoms with Crippen molar-refractivity contribution < 1.29 is 14.1 Å². The molecule has 8 heteroatoms. The van der Waals surface area contributed by atoms with Crippen LogP contribution in [0.4, 0.5) is 10.1 Å². The van der Waals surface area contributed by atoms with E-state index in [1.807, 2.05) is 0 Å². The van der Waals surface area contributed by atoms with Crippen LogP contribution in [0.5, 0.6) is 0 Å². The number of hydrogen-bond donors (Lipinski definition) is 2. The molecule has 0 spiro atoms. The molecule has 2 N–H and O–H groups in total. The molecule has 1 aliphatic heterocycles. The number of ether oxygens (including phenoxy) is 1. The molecule has 2 aromatic rings. The smallest absolute Gasteiger partial charge is 0.269 e. The number of rotatable bonds is 7. The van der Waals surface area contributed by atoms with Gasteiger partial charge in [-0.2, -0.15) is 0 Å². The van der Waals surface area contributed by atoms with Crippen molar-refractivity contribution in [1.29, 1.82) is 0 Å². The predicted octanol–water partition coefficient (Wildman–Crippen LogP) is 3.01. The second-order valence-corrected chi connectivity index (χ2v) is 6.68. The highest BCUT2D eigenvalue weighted by Gasteiger charge is 2.15. The van der Waals surface area contributed by atoms with Crippen molar-refractivity contribution in [1.82, 2.24) is 10.6 Å². The largest absolute Gasteiger partial charge is 0.381 e. The zero-order valence-corrected chi connectivity index (χ0v) is 15.4. The molecule has 7 nitrogen and oxygen atoms in total. The zero-order valence-electron chi connectivity index (χ0n) is 15.4. The van der Waals surface area contributed by atoms with E-state index in [0.717, 1.165) is 37.3 Å². The standard InChI is InChI=1S/C20H23FN4O3/c21-18-5-1-15(2-6-18)11-22-20(24-13-17-9-10-28-14-17)23-12-16-3-7-19(8-4-16)25(26)27/h1-8,17H,9-14H2,(H2,22,23,24). The summed E-state index contributed by atoms with van der Waals surface area (Å²) in [6, 6.07) is 12.6. The lowest BCUT2D eigenvalue weighted by Crippen LogP contribution is -2.39. The molecule has 28 heavy (non-hydrogen) atoms. The molecule has 1 saturated heterocycles. The van der Waals surface area contributed by atoms with Gasteiger partial charge in [0, 0.05) is 37.7 Å². The van der Waals surface area contributed by atoms with Gasteiger partial charge < -0.3 is 15.4 Å². The lowest BCUT2D eigenvalue weighted by Gasteiger charge is -2.15. The number of non-ortho nitro benzene ring substituents is 1. The van der Waals surface area contributed by atoms with Crippen LogP contribution in [-0.2, 0) is 17.8 Å². The first-order chi connectivity index (χ1) is 13.6. The van der Waals surface area contributed by atoms with Crippen molar-refractivity contribution in [3.05, 3.63) is 75.6 Å². The summed E-state index contributed by atoms with van der Waals surface area (Å²) in [5.74, 6) is 0.801. The highest BCUT2D eigenvalue weighted by molar-refractivity contribution is 5.79. The number of guanidine groups is 1. The number of aliphatic imine (C=N–C) groups is 1. The summed E-state index contributed by atoms with van der Waals surface area (Å²) in [4.78, 5) is 14.9. The number of nitrogens with one attached hydrogen (secondary N) is 2. The van der Waals surface area contributed by atoms with Gasteiger partial charge in [0.25, 0.3) is 5.69 Å². The van der Waals surface area contributed by atoms with Crippen LogP contribution in [0.15, 0.2) is 53.5 Å². The molecule has 0 amide bonds. The maximum absolute atomic E-state index is 13.1. The minimum atomic E-state index is -0.419. The van der Waals surface area contributed by atoms with Crippen LogP contribution in [0.1, 0.15) is 17.5 Å². The second-order valence-electron chi connectivity index (χ2n) is 6.68. The van der Waals surface area contributed by atoms with Gasteiger partial charge >= 0.3 is 0 Å². The molecule has 1 unspecified atom stereocenters. The summed E-state index contributed by atoms with van der Waals surface area (Å²) in [7, 11) is 0. The molecule has 0 bridgehead atoms. The summed E-state index contributed by atoms with van der Waals surface area (Å²) < 4.78 is 18.5. The Kier molecular flexibility index (Phi) is 6.91. The number of benzene rings is 2. The van der Waals surface area contributed by atoms with E-state index >= 15 is 0 Å². The van der Waals surface area contributed by atoms with Crippen LogP contribution in [0.3, 0.4) is 0 Å². The van der Waals surface area contributed by atoms with Crippen LogP contribution >= 0.6 is 0 Å². The fourth-order valence-electron chi connectivity index (χ4n) is 2.84. The first-order valence-corrected chi connectivity index (χ1v) is 9.18. The Hall–Kier alpha value is -3.00. The molecule has 1 atom stereocenters. The Morgan fingerprint density at radius 2 is 1.86 bits per heavy atom. The van der Waals surface area contributed by atoms with Gasteiger partial charge in [0.2, 0.25) is 0 Å². The third-order valence-electron chi connectivity index (χ3n) is 4.52. The quantitative estimate of drug-likeness (QED) is 0.331. The Labute approximate surface area is 162 Å². The summed E-state index contributed by atoms with van der Waals surface area (Å²) >= 11 is 0. The van der Waals surface area contributed by atoms with Crippen LogP contribution in [-0.4, -0.2) is 30.6 Å². The van der Waals surface area contributed by atoms with Gasteiger partial charge in [0.1, 0.15) is 5.82 Å². The highest BCUT2D eigenvalue weighted by atomic mass is 19.1. The van der Waals surface area contributed by atoms with Gasteiger partial charge in [-0.05, 0) is 29.7 Å². The minimum Gasteiger partial charge on any atom is -0.381 e. The van der Waals surface area contributed by atoms with E-state index in [1.54, 1.807) is 24.3 Å². The van der Waals surface area contributed by atoms with E-state index in [2.05, 4.69) is 15.6 Å². The first-order valence-electron chi connectivity index (χ1n) is 9.18. The lowest BCUT2D eigenvalue weighted by atomic mass is 10.1. The average Bonchev–Trinajstić information content (AvgIpc) is 3.22. The third-order valence-corrected chi connectivity index (χ3v) is 4.52. The van der Waals surface area contributed by atoms with Gasteiger partial charge in [0.05, 0.1) is 18.1 Å². The average molecular weight is 386 g/mol. The van der Waals surface area contributed by atoms with Crippen LogP contribution in [0.2, 0.25) is 0 Å². The van der Waals surface area contributed by atoms with E-state index in [-0.39, 0.29) is 11.5 Å². The molecule has 0 aliphatic carbocycles.